The largest absolute Gasteiger partial charge is 0.493 e. The van der Waals surface area contributed by atoms with Gasteiger partial charge in [0, 0.05) is 37.3 Å². The lowest BCUT2D eigenvalue weighted by Gasteiger charge is -2.26. The Balaban J connectivity index is 1.48. The Hall–Kier alpha value is -2.54. The van der Waals surface area contributed by atoms with Crippen molar-refractivity contribution in [2.45, 2.75) is 6.42 Å². The Bertz CT molecular complexity index is 992. The normalized spacial score (nSPS) is 14.6. The van der Waals surface area contributed by atoms with Crippen molar-refractivity contribution < 1.29 is 18.9 Å². The molecule has 3 aromatic rings. The Morgan fingerprint density at radius 3 is 2.67 bits per heavy atom. The van der Waals surface area contributed by atoms with E-state index < -0.39 is 0 Å². The van der Waals surface area contributed by atoms with Gasteiger partial charge in [-0.05, 0) is 30.7 Å². The zero-order valence-corrected chi connectivity index (χ0v) is 17.7. The third-order valence-corrected chi connectivity index (χ3v) is 5.34. The van der Waals surface area contributed by atoms with E-state index in [9.17, 15) is 0 Å². The highest BCUT2D eigenvalue weighted by atomic mass is 35.5. The number of ether oxygens (including phenoxy) is 4. The Morgan fingerprint density at radius 1 is 1.03 bits per heavy atom. The molecule has 1 saturated heterocycles. The van der Waals surface area contributed by atoms with Gasteiger partial charge in [-0.15, -0.1) is 0 Å². The predicted octanol–water partition coefficient (Wildman–Crippen LogP) is 4.79. The summed E-state index contributed by atoms with van der Waals surface area (Å²) < 4.78 is 23.0. The van der Waals surface area contributed by atoms with E-state index in [0.29, 0.717) is 34.6 Å². The molecule has 2 aromatic carbocycles. The van der Waals surface area contributed by atoms with E-state index in [1.54, 1.807) is 19.4 Å². The number of para-hydroxylation sites is 1. The first kappa shape index (κ1) is 20.7. The topological polar surface area (TPSA) is 53.0 Å². The number of methoxy groups -OCH3 is 1. The highest BCUT2D eigenvalue weighted by Crippen LogP contribution is 2.38. The van der Waals surface area contributed by atoms with Gasteiger partial charge in [-0.1, -0.05) is 23.7 Å². The van der Waals surface area contributed by atoms with E-state index in [4.69, 9.17) is 30.5 Å². The average Bonchev–Trinajstić information content (AvgIpc) is 2.78. The fourth-order valence-corrected chi connectivity index (χ4v) is 3.61. The summed E-state index contributed by atoms with van der Waals surface area (Å²) in [6.45, 7) is 5.18. The van der Waals surface area contributed by atoms with Gasteiger partial charge in [0.25, 0.3) is 0 Å². The third kappa shape index (κ3) is 4.95. The van der Waals surface area contributed by atoms with Crippen LogP contribution in [0.5, 0.6) is 23.0 Å². The fraction of sp³-hybridized carbons (Fsp3) is 0.348. The van der Waals surface area contributed by atoms with Gasteiger partial charge in [-0.3, -0.25) is 9.88 Å². The van der Waals surface area contributed by atoms with Gasteiger partial charge in [0.1, 0.15) is 11.5 Å². The van der Waals surface area contributed by atoms with Crippen LogP contribution in [0.25, 0.3) is 10.9 Å². The lowest BCUT2D eigenvalue weighted by atomic mass is 10.1. The van der Waals surface area contributed by atoms with E-state index in [-0.39, 0.29) is 0 Å². The third-order valence-electron chi connectivity index (χ3n) is 5.02. The van der Waals surface area contributed by atoms with Gasteiger partial charge >= 0.3 is 0 Å². The zero-order valence-electron chi connectivity index (χ0n) is 17.0. The molecule has 0 N–H and O–H groups in total. The van der Waals surface area contributed by atoms with Gasteiger partial charge in [0.2, 0.25) is 0 Å². The van der Waals surface area contributed by atoms with Crippen molar-refractivity contribution in [3.05, 3.63) is 53.7 Å². The molecule has 6 nitrogen and oxygen atoms in total. The van der Waals surface area contributed by atoms with Crippen molar-refractivity contribution in [3.8, 4) is 23.0 Å². The first-order valence-corrected chi connectivity index (χ1v) is 10.4. The van der Waals surface area contributed by atoms with Crippen molar-refractivity contribution in [1.29, 1.82) is 0 Å². The molecule has 2 heterocycles. The van der Waals surface area contributed by atoms with Crippen molar-refractivity contribution >= 4 is 22.5 Å². The molecule has 1 fully saturated rings. The summed E-state index contributed by atoms with van der Waals surface area (Å²) >= 11 is 6.24. The SMILES string of the molecule is COc1cc2c(Oc3ccccc3Cl)ccnc2cc1OCCCN1CCOCC1. The second-order valence-corrected chi connectivity index (χ2v) is 7.43. The van der Waals surface area contributed by atoms with E-state index in [0.717, 1.165) is 50.2 Å². The molecule has 0 spiro atoms. The van der Waals surface area contributed by atoms with Crippen LogP contribution in [0.1, 0.15) is 6.42 Å². The summed E-state index contributed by atoms with van der Waals surface area (Å²) in [5.74, 6) is 2.57. The van der Waals surface area contributed by atoms with E-state index in [1.807, 2.05) is 36.4 Å². The van der Waals surface area contributed by atoms with E-state index in [2.05, 4.69) is 9.88 Å². The van der Waals surface area contributed by atoms with Crippen LogP contribution in [0.3, 0.4) is 0 Å². The van der Waals surface area contributed by atoms with Gasteiger partial charge in [0.15, 0.2) is 11.5 Å². The fourth-order valence-electron chi connectivity index (χ4n) is 3.43. The van der Waals surface area contributed by atoms with Crippen molar-refractivity contribution in [2.75, 3.05) is 46.6 Å². The van der Waals surface area contributed by atoms with Gasteiger partial charge in [0.05, 0.1) is 37.5 Å². The summed E-state index contributed by atoms with van der Waals surface area (Å²) in [6.07, 6.45) is 2.65. The average molecular weight is 429 g/mol. The second kappa shape index (κ2) is 9.98. The van der Waals surface area contributed by atoms with Crippen LogP contribution in [0.2, 0.25) is 5.02 Å². The lowest BCUT2D eigenvalue weighted by Crippen LogP contribution is -2.37. The molecule has 4 rings (SSSR count). The minimum Gasteiger partial charge on any atom is -0.493 e. The molecular weight excluding hydrogens is 404 g/mol. The van der Waals surface area contributed by atoms with E-state index in [1.165, 1.54) is 0 Å². The Morgan fingerprint density at radius 2 is 1.87 bits per heavy atom. The van der Waals surface area contributed by atoms with Crippen LogP contribution < -0.4 is 14.2 Å². The molecule has 158 valence electrons. The summed E-state index contributed by atoms with van der Waals surface area (Å²) in [4.78, 5) is 6.87. The summed E-state index contributed by atoms with van der Waals surface area (Å²) in [6, 6.07) is 13.0. The van der Waals surface area contributed by atoms with Crippen molar-refractivity contribution in [3.63, 3.8) is 0 Å². The number of pyridine rings is 1. The maximum absolute atomic E-state index is 6.24. The minimum absolute atomic E-state index is 0.551. The van der Waals surface area contributed by atoms with Crippen LogP contribution in [-0.2, 0) is 4.74 Å². The molecule has 7 heteroatoms. The molecule has 0 amide bonds. The molecule has 0 saturated carbocycles. The lowest BCUT2D eigenvalue weighted by molar-refractivity contribution is 0.0357. The standard InChI is InChI=1S/C23H25ClN2O4/c1-27-22-15-17-19(16-23(22)29-12-4-9-26-10-13-28-14-11-26)25-8-7-20(17)30-21-6-3-2-5-18(21)24/h2-3,5-8,15-16H,4,9-14H2,1H3. The van der Waals surface area contributed by atoms with Crippen molar-refractivity contribution in [1.82, 2.24) is 9.88 Å². The first-order valence-electron chi connectivity index (χ1n) is 10.1. The van der Waals surface area contributed by atoms with Crippen LogP contribution in [0, 0.1) is 0 Å². The van der Waals surface area contributed by atoms with Crippen LogP contribution in [0.15, 0.2) is 48.7 Å². The van der Waals surface area contributed by atoms with Gasteiger partial charge in [-0.25, -0.2) is 0 Å². The number of fused-ring (bicyclic) bond motifs is 1. The molecule has 0 radical (unpaired) electrons. The Kier molecular flexibility index (Phi) is 6.89. The molecule has 0 atom stereocenters. The van der Waals surface area contributed by atoms with E-state index >= 15 is 0 Å². The molecule has 0 bridgehead atoms. The van der Waals surface area contributed by atoms with Gasteiger partial charge < -0.3 is 18.9 Å². The molecule has 0 unspecified atom stereocenters. The summed E-state index contributed by atoms with van der Waals surface area (Å²) in [5, 5.41) is 1.38. The first-order chi connectivity index (χ1) is 14.7. The maximum Gasteiger partial charge on any atom is 0.163 e. The molecule has 30 heavy (non-hydrogen) atoms. The number of hydrogen-bond acceptors (Lipinski definition) is 6. The number of halogens is 1. The van der Waals surface area contributed by atoms with Crippen molar-refractivity contribution in [2.24, 2.45) is 0 Å². The second-order valence-electron chi connectivity index (χ2n) is 7.02. The van der Waals surface area contributed by atoms with Gasteiger partial charge in [-0.2, -0.15) is 0 Å². The number of nitrogens with zero attached hydrogens (tertiary/aromatic N) is 2. The number of benzene rings is 2. The number of rotatable bonds is 8. The Labute approximate surface area is 181 Å². The molecule has 1 aliphatic heterocycles. The summed E-state index contributed by atoms with van der Waals surface area (Å²) in [7, 11) is 1.63. The molecule has 1 aromatic heterocycles. The quantitative estimate of drug-likeness (QED) is 0.481. The predicted molar refractivity (Wildman–Crippen MR) is 117 cm³/mol. The monoisotopic (exact) mass is 428 g/mol. The van der Waals surface area contributed by atoms with Crippen LogP contribution in [0.4, 0.5) is 0 Å². The number of hydrogen-bond donors (Lipinski definition) is 0. The van der Waals surface area contributed by atoms with Crippen LogP contribution >= 0.6 is 11.6 Å². The maximum atomic E-state index is 6.24. The highest BCUT2D eigenvalue weighted by Gasteiger charge is 2.14. The zero-order chi connectivity index (χ0) is 20.8. The highest BCUT2D eigenvalue weighted by molar-refractivity contribution is 6.32. The number of aromatic nitrogens is 1. The number of morpholine rings is 1. The minimum atomic E-state index is 0.551. The molecular formula is C23H25ClN2O4. The smallest absolute Gasteiger partial charge is 0.163 e. The molecule has 0 aliphatic carbocycles. The molecule has 1 aliphatic rings. The summed E-state index contributed by atoms with van der Waals surface area (Å²) in [5.41, 5.74) is 0.767. The van der Waals surface area contributed by atoms with Crippen LogP contribution in [-0.4, -0.2) is 56.4 Å².